The third-order valence-corrected chi connectivity index (χ3v) is 6.67. The molecule has 0 radical (unpaired) electrons. The SMILES string of the molecule is COc1ccc(C(=NC2CC2)N2CCCc3cc(C4=NNC(=O)SC4)ccc32)cc1OC. The van der Waals surface area contributed by atoms with Crippen LogP contribution in [0.25, 0.3) is 0 Å². The molecule has 1 fully saturated rings. The molecule has 2 aromatic rings. The number of thioether (sulfide) groups is 1. The summed E-state index contributed by atoms with van der Waals surface area (Å²) >= 11 is 1.25. The molecule has 0 atom stereocenters. The molecule has 2 heterocycles. The number of nitrogens with one attached hydrogen (secondary N) is 1. The summed E-state index contributed by atoms with van der Waals surface area (Å²) in [6.45, 7) is 0.916. The molecule has 1 aliphatic carbocycles. The van der Waals surface area contributed by atoms with E-state index in [1.54, 1.807) is 14.2 Å². The van der Waals surface area contributed by atoms with Gasteiger partial charge in [-0.3, -0.25) is 9.79 Å². The van der Waals surface area contributed by atoms with Crippen molar-refractivity contribution in [3.05, 3.63) is 53.1 Å². The van der Waals surface area contributed by atoms with Crippen molar-refractivity contribution in [1.82, 2.24) is 5.43 Å². The molecule has 7 nitrogen and oxygen atoms in total. The number of carbonyl (C=O) groups is 1. The van der Waals surface area contributed by atoms with Crippen molar-refractivity contribution in [3.8, 4) is 11.5 Å². The molecule has 3 aliphatic rings. The fourth-order valence-electron chi connectivity index (χ4n) is 4.11. The monoisotopic (exact) mass is 450 g/mol. The number of hydrazone groups is 1. The maximum atomic E-state index is 11.4. The Labute approximate surface area is 191 Å². The van der Waals surface area contributed by atoms with Crippen LogP contribution in [0.15, 0.2) is 46.5 Å². The number of methoxy groups -OCH3 is 2. The lowest BCUT2D eigenvalue weighted by atomic mass is 9.97. The van der Waals surface area contributed by atoms with E-state index in [4.69, 9.17) is 14.5 Å². The standard InChI is InChI=1S/C24H26N4O3S/c1-30-21-10-6-17(13-22(21)31-2)23(25-18-7-8-18)28-11-3-4-16-12-15(5-9-20(16)28)19-14-32-24(29)27-26-19/h5-6,9-10,12-13,18H,3-4,7-8,11,14H2,1-2H3,(H,27,29). The Morgan fingerprint density at radius 2 is 2.00 bits per heavy atom. The molecule has 0 aromatic heterocycles. The van der Waals surface area contributed by atoms with Gasteiger partial charge >= 0.3 is 0 Å². The van der Waals surface area contributed by atoms with E-state index in [-0.39, 0.29) is 5.24 Å². The number of amidine groups is 1. The molecule has 1 N–H and O–H groups in total. The molecule has 166 valence electrons. The first kappa shape index (κ1) is 20.9. The number of amides is 1. The molecular formula is C24H26N4O3S. The second-order valence-electron chi connectivity index (χ2n) is 8.10. The molecule has 0 saturated heterocycles. The highest BCUT2D eigenvalue weighted by Crippen LogP contribution is 2.35. The molecule has 32 heavy (non-hydrogen) atoms. The quantitative estimate of drug-likeness (QED) is 0.545. The van der Waals surface area contributed by atoms with E-state index in [1.807, 2.05) is 12.1 Å². The van der Waals surface area contributed by atoms with Gasteiger partial charge in [-0.15, -0.1) is 0 Å². The van der Waals surface area contributed by atoms with Crippen LogP contribution in [-0.4, -0.2) is 49.3 Å². The Balaban J connectivity index is 1.51. The Kier molecular flexibility index (Phi) is 5.78. The number of hydrogen-bond donors (Lipinski definition) is 1. The van der Waals surface area contributed by atoms with Crippen LogP contribution in [0.3, 0.4) is 0 Å². The molecule has 0 unspecified atom stereocenters. The molecular weight excluding hydrogens is 424 g/mol. The maximum absolute atomic E-state index is 11.4. The van der Waals surface area contributed by atoms with Gasteiger partial charge in [0, 0.05) is 23.5 Å². The number of aliphatic imine (C=N–C) groups is 1. The molecule has 1 amide bonds. The van der Waals surface area contributed by atoms with Gasteiger partial charge in [-0.25, -0.2) is 5.43 Å². The number of benzene rings is 2. The Bertz CT molecular complexity index is 1110. The van der Waals surface area contributed by atoms with Crippen LogP contribution in [0.2, 0.25) is 0 Å². The molecule has 0 spiro atoms. The van der Waals surface area contributed by atoms with Gasteiger partial charge in [-0.1, -0.05) is 17.8 Å². The van der Waals surface area contributed by atoms with Crippen molar-refractivity contribution >= 4 is 34.2 Å². The largest absolute Gasteiger partial charge is 0.493 e. The average Bonchev–Trinajstić information content (AvgIpc) is 3.66. The van der Waals surface area contributed by atoms with E-state index in [0.717, 1.165) is 54.9 Å². The number of carbonyl (C=O) groups excluding carboxylic acids is 1. The minimum atomic E-state index is -0.103. The lowest BCUT2D eigenvalue weighted by Crippen LogP contribution is -2.36. The molecule has 2 aliphatic heterocycles. The predicted octanol–water partition coefficient (Wildman–Crippen LogP) is 4.23. The fourth-order valence-corrected chi connectivity index (χ4v) is 4.72. The third kappa shape index (κ3) is 4.19. The minimum Gasteiger partial charge on any atom is -0.493 e. The average molecular weight is 451 g/mol. The van der Waals surface area contributed by atoms with Crippen molar-refractivity contribution in [3.63, 3.8) is 0 Å². The van der Waals surface area contributed by atoms with Crippen LogP contribution in [-0.2, 0) is 6.42 Å². The van der Waals surface area contributed by atoms with Gasteiger partial charge in [-0.05, 0) is 67.1 Å². The first-order valence-corrected chi connectivity index (χ1v) is 11.8. The first-order valence-electron chi connectivity index (χ1n) is 10.9. The van der Waals surface area contributed by atoms with Crippen LogP contribution in [0.1, 0.15) is 36.0 Å². The zero-order valence-electron chi connectivity index (χ0n) is 18.3. The summed E-state index contributed by atoms with van der Waals surface area (Å²) in [4.78, 5) is 18.9. The third-order valence-electron chi connectivity index (χ3n) is 5.90. The molecule has 2 aromatic carbocycles. The zero-order valence-corrected chi connectivity index (χ0v) is 19.1. The molecule has 8 heteroatoms. The molecule has 0 bridgehead atoms. The van der Waals surface area contributed by atoms with Crippen LogP contribution >= 0.6 is 11.8 Å². The van der Waals surface area contributed by atoms with Crippen LogP contribution in [0, 0.1) is 0 Å². The summed E-state index contributed by atoms with van der Waals surface area (Å²) in [5.41, 5.74) is 8.02. The highest BCUT2D eigenvalue weighted by Gasteiger charge is 2.28. The summed E-state index contributed by atoms with van der Waals surface area (Å²) in [5.74, 6) is 2.99. The molecule has 5 rings (SSSR count). The highest BCUT2D eigenvalue weighted by molar-refractivity contribution is 8.14. The normalized spacial score (nSPS) is 18.6. The number of anilines is 1. The number of nitrogens with zero attached hydrogens (tertiary/aromatic N) is 3. The predicted molar refractivity (Wildman–Crippen MR) is 129 cm³/mol. The Morgan fingerprint density at radius 1 is 1.16 bits per heavy atom. The van der Waals surface area contributed by atoms with Gasteiger partial charge in [0.1, 0.15) is 5.84 Å². The smallest absolute Gasteiger partial charge is 0.299 e. The van der Waals surface area contributed by atoms with E-state index in [1.165, 1.54) is 23.0 Å². The number of fused-ring (bicyclic) bond motifs is 1. The van der Waals surface area contributed by atoms with Crippen molar-refractivity contribution in [2.24, 2.45) is 10.1 Å². The van der Waals surface area contributed by atoms with Crippen molar-refractivity contribution in [2.75, 3.05) is 31.4 Å². The van der Waals surface area contributed by atoms with Gasteiger partial charge in [0.25, 0.3) is 5.24 Å². The van der Waals surface area contributed by atoms with Crippen LogP contribution in [0.4, 0.5) is 10.5 Å². The lowest BCUT2D eigenvalue weighted by Gasteiger charge is -2.33. The topological polar surface area (TPSA) is 75.5 Å². The zero-order chi connectivity index (χ0) is 22.1. The van der Waals surface area contributed by atoms with Gasteiger partial charge in [-0.2, -0.15) is 5.10 Å². The highest BCUT2D eigenvalue weighted by atomic mass is 32.2. The van der Waals surface area contributed by atoms with Crippen molar-refractivity contribution < 1.29 is 14.3 Å². The summed E-state index contributed by atoms with van der Waals surface area (Å²) in [7, 11) is 3.31. The summed E-state index contributed by atoms with van der Waals surface area (Å²) in [6.07, 6.45) is 4.33. The first-order chi connectivity index (χ1) is 15.7. The van der Waals surface area contributed by atoms with E-state index >= 15 is 0 Å². The van der Waals surface area contributed by atoms with Crippen molar-refractivity contribution in [1.29, 1.82) is 0 Å². The number of ether oxygens (including phenoxy) is 2. The van der Waals surface area contributed by atoms with Gasteiger partial charge < -0.3 is 14.4 Å². The second kappa shape index (κ2) is 8.86. The number of hydrogen-bond acceptors (Lipinski definition) is 6. The lowest BCUT2D eigenvalue weighted by molar-refractivity contribution is 0.261. The Morgan fingerprint density at radius 3 is 2.72 bits per heavy atom. The van der Waals surface area contributed by atoms with Crippen LogP contribution in [0.5, 0.6) is 11.5 Å². The van der Waals surface area contributed by atoms with E-state index in [2.05, 4.69) is 39.7 Å². The van der Waals surface area contributed by atoms with Gasteiger partial charge in [0.05, 0.1) is 26.0 Å². The van der Waals surface area contributed by atoms with Crippen LogP contribution < -0.4 is 19.8 Å². The number of aryl methyl sites for hydroxylation is 1. The summed E-state index contributed by atoms with van der Waals surface area (Å²) in [6, 6.07) is 12.9. The number of rotatable bonds is 5. The minimum absolute atomic E-state index is 0.103. The van der Waals surface area contributed by atoms with Gasteiger partial charge in [0.2, 0.25) is 0 Å². The van der Waals surface area contributed by atoms with Crippen molar-refractivity contribution in [2.45, 2.75) is 31.7 Å². The fraction of sp³-hybridized carbons (Fsp3) is 0.375. The Hall–Kier alpha value is -3.00. The van der Waals surface area contributed by atoms with E-state index < -0.39 is 0 Å². The molecule has 1 saturated carbocycles. The summed E-state index contributed by atoms with van der Waals surface area (Å²) < 4.78 is 11.0. The van der Waals surface area contributed by atoms with E-state index in [0.29, 0.717) is 23.3 Å². The van der Waals surface area contributed by atoms with Gasteiger partial charge in [0.15, 0.2) is 11.5 Å². The summed E-state index contributed by atoms with van der Waals surface area (Å²) in [5, 5.41) is 4.14. The second-order valence-corrected chi connectivity index (χ2v) is 9.05. The maximum Gasteiger partial charge on any atom is 0.299 e. The van der Waals surface area contributed by atoms with E-state index in [9.17, 15) is 4.79 Å².